The van der Waals surface area contributed by atoms with E-state index in [0.29, 0.717) is 23.9 Å². The predicted molar refractivity (Wildman–Crippen MR) is 134 cm³/mol. The fourth-order valence-corrected chi connectivity index (χ4v) is 7.28. The molecule has 1 aromatic carbocycles. The van der Waals surface area contributed by atoms with Gasteiger partial charge < -0.3 is 10.2 Å². The van der Waals surface area contributed by atoms with Crippen molar-refractivity contribution in [2.24, 2.45) is 5.92 Å². The largest absolute Gasteiger partial charge is 0.349 e. The summed E-state index contributed by atoms with van der Waals surface area (Å²) in [6, 6.07) is 10.2. The summed E-state index contributed by atoms with van der Waals surface area (Å²) in [6.07, 6.45) is 4.98. The number of benzene rings is 1. The Labute approximate surface area is 205 Å². The van der Waals surface area contributed by atoms with Gasteiger partial charge in [0.2, 0.25) is 0 Å². The van der Waals surface area contributed by atoms with E-state index >= 15 is 0 Å². The van der Waals surface area contributed by atoms with E-state index in [-0.39, 0.29) is 23.9 Å². The number of hydrogen-bond donors (Lipinski definition) is 1. The van der Waals surface area contributed by atoms with E-state index in [1.165, 1.54) is 11.3 Å². The number of likely N-dealkylation sites (tertiary alicyclic amines) is 1. The van der Waals surface area contributed by atoms with Crippen molar-refractivity contribution in [2.75, 3.05) is 6.54 Å². The number of hydrogen-bond acceptors (Lipinski definition) is 6. The first kappa shape index (κ1) is 21.5. The van der Waals surface area contributed by atoms with Crippen LogP contribution in [0.3, 0.4) is 0 Å². The SMILES string of the molecule is Cc1nc(C(=O)N2[C@@H]3CC[C@@H](C3)[C@H]2CNC(=O)c2c(C)nc3sccn23)c(-c2ccccc2)s1. The molecule has 4 heterocycles. The lowest BCUT2D eigenvalue weighted by Gasteiger charge is -2.35. The highest BCUT2D eigenvalue weighted by Gasteiger charge is 2.49. The number of aryl methyl sites for hydroxylation is 2. The highest BCUT2D eigenvalue weighted by Crippen LogP contribution is 2.44. The summed E-state index contributed by atoms with van der Waals surface area (Å²) in [6.45, 7) is 4.24. The monoisotopic (exact) mass is 491 g/mol. The number of nitrogens with one attached hydrogen (secondary N) is 1. The molecule has 1 saturated carbocycles. The molecule has 7 nitrogen and oxygen atoms in total. The Morgan fingerprint density at radius 1 is 1.15 bits per heavy atom. The number of imidazole rings is 1. The zero-order valence-corrected chi connectivity index (χ0v) is 20.7. The van der Waals surface area contributed by atoms with Crippen LogP contribution in [-0.2, 0) is 0 Å². The third-order valence-corrected chi connectivity index (χ3v) is 8.85. The molecule has 2 amide bonds. The van der Waals surface area contributed by atoms with Gasteiger partial charge in [0.15, 0.2) is 4.96 Å². The lowest BCUT2D eigenvalue weighted by atomic mass is 9.98. The van der Waals surface area contributed by atoms with Crippen molar-refractivity contribution in [3.63, 3.8) is 0 Å². The Morgan fingerprint density at radius 3 is 2.79 bits per heavy atom. The summed E-state index contributed by atoms with van der Waals surface area (Å²) in [5.41, 5.74) is 2.83. The molecule has 0 spiro atoms. The maximum atomic E-state index is 13.9. The van der Waals surface area contributed by atoms with E-state index in [4.69, 9.17) is 0 Å². The van der Waals surface area contributed by atoms with Crippen molar-refractivity contribution in [1.82, 2.24) is 24.6 Å². The van der Waals surface area contributed by atoms with Crippen LogP contribution in [0.1, 0.15) is 50.9 Å². The fourth-order valence-electron chi connectivity index (χ4n) is 5.60. The van der Waals surface area contributed by atoms with E-state index in [9.17, 15) is 9.59 Å². The van der Waals surface area contributed by atoms with Gasteiger partial charge in [-0.05, 0) is 44.6 Å². The molecule has 3 atom stereocenters. The molecule has 3 aromatic heterocycles. The van der Waals surface area contributed by atoms with Gasteiger partial charge in [0, 0.05) is 24.2 Å². The number of piperidine rings is 1. The number of thiazole rings is 2. The van der Waals surface area contributed by atoms with Gasteiger partial charge in [-0.2, -0.15) is 0 Å². The van der Waals surface area contributed by atoms with Crippen LogP contribution in [0.4, 0.5) is 0 Å². The number of carbonyl (C=O) groups is 2. The standard InChI is InChI=1S/C25H25N5O2S2/c1-14-21(29-10-11-33-25(29)27-14)23(31)26-13-19-17-8-9-18(12-17)30(19)24(32)20-22(34-15(2)28-20)16-6-4-3-5-7-16/h3-7,10-11,17-19H,8-9,12-13H2,1-2H3,(H,26,31)/t17-,18+,19+/m0/s1. The van der Waals surface area contributed by atoms with Crippen molar-refractivity contribution >= 4 is 39.4 Å². The van der Waals surface area contributed by atoms with E-state index in [0.717, 1.165) is 45.4 Å². The molecule has 4 aromatic rings. The lowest BCUT2D eigenvalue weighted by molar-refractivity contribution is 0.0577. The van der Waals surface area contributed by atoms with E-state index < -0.39 is 0 Å². The van der Waals surface area contributed by atoms with E-state index in [1.54, 1.807) is 11.3 Å². The zero-order chi connectivity index (χ0) is 23.4. The second-order valence-corrected chi connectivity index (χ2v) is 11.2. The number of rotatable bonds is 5. The van der Waals surface area contributed by atoms with Gasteiger partial charge in [0.25, 0.3) is 11.8 Å². The smallest absolute Gasteiger partial charge is 0.274 e. The lowest BCUT2D eigenvalue weighted by Crippen LogP contribution is -2.50. The average Bonchev–Trinajstić information content (AvgIpc) is 3.64. The summed E-state index contributed by atoms with van der Waals surface area (Å²) in [5.74, 6) is 0.241. The van der Waals surface area contributed by atoms with Gasteiger partial charge in [0.1, 0.15) is 11.4 Å². The Bertz CT molecular complexity index is 1390. The maximum absolute atomic E-state index is 13.9. The van der Waals surface area contributed by atoms with Crippen molar-refractivity contribution in [2.45, 2.75) is 45.2 Å². The molecule has 1 N–H and O–H groups in total. The molecule has 34 heavy (non-hydrogen) atoms. The quantitative estimate of drug-likeness (QED) is 0.444. The van der Waals surface area contributed by atoms with Gasteiger partial charge in [-0.3, -0.25) is 14.0 Å². The number of amides is 2. The molecule has 0 unspecified atom stereocenters. The zero-order valence-electron chi connectivity index (χ0n) is 19.0. The molecule has 1 saturated heterocycles. The van der Waals surface area contributed by atoms with Crippen molar-refractivity contribution in [3.8, 4) is 10.4 Å². The Kier molecular flexibility index (Phi) is 5.26. The van der Waals surface area contributed by atoms with Crippen LogP contribution in [0.15, 0.2) is 41.9 Å². The van der Waals surface area contributed by atoms with Gasteiger partial charge in [-0.1, -0.05) is 30.3 Å². The van der Waals surface area contributed by atoms with Crippen LogP contribution in [0.2, 0.25) is 0 Å². The summed E-state index contributed by atoms with van der Waals surface area (Å²) in [4.78, 5) is 39.9. The highest BCUT2D eigenvalue weighted by molar-refractivity contribution is 7.15. The molecule has 2 bridgehead atoms. The van der Waals surface area contributed by atoms with Crippen LogP contribution in [0.5, 0.6) is 0 Å². The molecular weight excluding hydrogens is 466 g/mol. The van der Waals surface area contributed by atoms with Crippen LogP contribution < -0.4 is 5.32 Å². The molecule has 6 rings (SSSR count). The number of aromatic nitrogens is 3. The molecule has 1 aliphatic carbocycles. The highest BCUT2D eigenvalue weighted by atomic mass is 32.1. The van der Waals surface area contributed by atoms with E-state index in [2.05, 4.69) is 15.3 Å². The van der Waals surface area contributed by atoms with Gasteiger partial charge >= 0.3 is 0 Å². The number of fused-ring (bicyclic) bond motifs is 3. The summed E-state index contributed by atoms with van der Waals surface area (Å²) < 4.78 is 1.84. The molecule has 174 valence electrons. The third kappa shape index (κ3) is 3.45. The molecule has 1 aliphatic heterocycles. The van der Waals surface area contributed by atoms with Crippen molar-refractivity contribution in [1.29, 1.82) is 0 Å². The van der Waals surface area contributed by atoms with E-state index in [1.807, 2.05) is 65.1 Å². The fraction of sp³-hybridized carbons (Fsp3) is 0.360. The van der Waals surface area contributed by atoms with Gasteiger partial charge in [-0.15, -0.1) is 22.7 Å². The molecule has 0 radical (unpaired) electrons. The van der Waals surface area contributed by atoms with Crippen LogP contribution >= 0.6 is 22.7 Å². The first-order valence-corrected chi connectivity index (χ1v) is 13.3. The summed E-state index contributed by atoms with van der Waals surface area (Å²) >= 11 is 3.07. The molecule has 2 fully saturated rings. The molecule has 9 heteroatoms. The van der Waals surface area contributed by atoms with Crippen LogP contribution in [0, 0.1) is 19.8 Å². The Morgan fingerprint density at radius 2 is 1.97 bits per heavy atom. The van der Waals surface area contributed by atoms with Crippen molar-refractivity contribution < 1.29 is 9.59 Å². The van der Waals surface area contributed by atoms with Crippen LogP contribution in [-0.4, -0.2) is 49.7 Å². The number of nitrogens with zero attached hydrogens (tertiary/aromatic N) is 4. The molecule has 2 aliphatic rings. The first-order chi connectivity index (χ1) is 16.5. The minimum absolute atomic E-state index is 0.0181. The maximum Gasteiger partial charge on any atom is 0.274 e. The van der Waals surface area contributed by atoms with Crippen molar-refractivity contribution in [3.05, 3.63) is 64.0 Å². The minimum Gasteiger partial charge on any atom is -0.349 e. The predicted octanol–water partition coefficient (Wildman–Crippen LogP) is 4.56. The topological polar surface area (TPSA) is 79.6 Å². The average molecular weight is 492 g/mol. The number of carbonyl (C=O) groups excluding carboxylic acids is 2. The third-order valence-electron chi connectivity index (χ3n) is 7.07. The Hall–Kier alpha value is -3.04. The second kappa shape index (κ2) is 8.32. The van der Waals surface area contributed by atoms with Crippen LogP contribution in [0.25, 0.3) is 15.4 Å². The first-order valence-electron chi connectivity index (χ1n) is 11.6. The van der Waals surface area contributed by atoms with Gasteiger partial charge in [-0.25, -0.2) is 9.97 Å². The molecular formula is C25H25N5O2S2. The Balaban J connectivity index is 1.26. The van der Waals surface area contributed by atoms with Gasteiger partial charge in [0.05, 0.1) is 21.6 Å². The minimum atomic E-state index is -0.145. The second-order valence-electron chi connectivity index (χ2n) is 9.09. The normalized spacial score (nSPS) is 21.5. The summed E-state index contributed by atoms with van der Waals surface area (Å²) in [7, 11) is 0. The summed E-state index contributed by atoms with van der Waals surface area (Å²) in [5, 5.41) is 5.92.